The van der Waals surface area contributed by atoms with Crippen LogP contribution >= 0.6 is 0 Å². The van der Waals surface area contributed by atoms with Crippen LogP contribution in [0.4, 0.5) is 0 Å². The molecule has 0 radical (unpaired) electrons. The largest absolute Gasteiger partial charge is 0.497 e. The summed E-state index contributed by atoms with van der Waals surface area (Å²) in [6.45, 7) is 6.08. The Balaban J connectivity index is 1.67. The highest BCUT2D eigenvalue weighted by Gasteiger charge is 2.34. The van der Waals surface area contributed by atoms with Crippen molar-refractivity contribution in [3.05, 3.63) is 53.1 Å². The molecule has 0 unspecified atom stereocenters. The van der Waals surface area contributed by atoms with Crippen LogP contribution in [0.1, 0.15) is 49.4 Å². The second-order valence-corrected chi connectivity index (χ2v) is 7.89. The van der Waals surface area contributed by atoms with E-state index in [0.29, 0.717) is 12.8 Å². The van der Waals surface area contributed by atoms with Gasteiger partial charge >= 0.3 is 0 Å². The molecule has 0 aromatic heterocycles. The normalized spacial score (nSPS) is 17.2. The first-order chi connectivity index (χ1) is 13.3. The number of methoxy groups -OCH3 is 2. The lowest BCUT2D eigenvalue weighted by molar-refractivity contribution is -0.122. The van der Waals surface area contributed by atoms with Crippen molar-refractivity contribution in [3.63, 3.8) is 0 Å². The summed E-state index contributed by atoms with van der Waals surface area (Å²) in [7, 11) is 3.30. The highest BCUT2D eigenvalue weighted by atomic mass is 16.5. The van der Waals surface area contributed by atoms with Crippen molar-refractivity contribution < 1.29 is 19.0 Å². The molecule has 0 bridgehead atoms. The van der Waals surface area contributed by atoms with E-state index in [2.05, 4.69) is 11.4 Å². The van der Waals surface area contributed by atoms with E-state index >= 15 is 0 Å². The van der Waals surface area contributed by atoms with Crippen molar-refractivity contribution in [1.82, 2.24) is 5.32 Å². The van der Waals surface area contributed by atoms with E-state index in [1.54, 1.807) is 14.2 Å². The molecule has 1 atom stereocenters. The fraction of sp³-hybridized carbons (Fsp3) is 0.435. The minimum atomic E-state index is -0.357. The number of carbonyl (C=O) groups is 1. The molecular weight excluding hydrogens is 354 g/mol. The number of fused-ring (bicyclic) bond motifs is 1. The van der Waals surface area contributed by atoms with Gasteiger partial charge < -0.3 is 19.5 Å². The van der Waals surface area contributed by atoms with Crippen LogP contribution in [0.5, 0.6) is 17.2 Å². The summed E-state index contributed by atoms with van der Waals surface area (Å²) in [4.78, 5) is 12.6. The lowest BCUT2D eigenvalue weighted by atomic mass is 9.89. The molecule has 2 aromatic carbocycles. The predicted molar refractivity (Wildman–Crippen MR) is 109 cm³/mol. The van der Waals surface area contributed by atoms with Crippen LogP contribution in [-0.2, 0) is 11.2 Å². The Labute approximate surface area is 167 Å². The molecule has 1 aliphatic heterocycles. The Morgan fingerprint density at radius 1 is 1.18 bits per heavy atom. The number of rotatable bonds is 6. The zero-order valence-corrected chi connectivity index (χ0v) is 17.3. The van der Waals surface area contributed by atoms with Gasteiger partial charge in [0.1, 0.15) is 22.8 Å². The number of nitrogens with one attached hydrogen (secondary N) is 1. The number of benzene rings is 2. The van der Waals surface area contributed by atoms with Crippen molar-refractivity contribution in [2.75, 3.05) is 14.2 Å². The molecule has 28 heavy (non-hydrogen) atoms. The molecule has 2 aromatic rings. The number of carbonyl (C=O) groups excluding carboxylic acids is 1. The molecule has 1 N–H and O–H groups in total. The van der Waals surface area contributed by atoms with Crippen LogP contribution in [0.25, 0.3) is 0 Å². The second kappa shape index (κ2) is 8.13. The Hall–Kier alpha value is -2.69. The van der Waals surface area contributed by atoms with Crippen molar-refractivity contribution in [2.24, 2.45) is 0 Å². The molecule has 0 aliphatic carbocycles. The summed E-state index contributed by atoms with van der Waals surface area (Å²) >= 11 is 0. The summed E-state index contributed by atoms with van der Waals surface area (Å²) in [5, 5.41) is 3.19. The maximum atomic E-state index is 12.6. The van der Waals surface area contributed by atoms with E-state index in [4.69, 9.17) is 14.2 Å². The van der Waals surface area contributed by atoms with E-state index in [9.17, 15) is 4.79 Å². The van der Waals surface area contributed by atoms with Gasteiger partial charge in [-0.1, -0.05) is 12.1 Å². The van der Waals surface area contributed by atoms with Crippen LogP contribution in [0.2, 0.25) is 0 Å². The molecule has 0 fully saturated rings. The summed E-state index contributed by atoms with van der Waals surface area (Å²) in [6, 6.07) is 11.7. The molecule has 5 nitrogen and oxygen atoms in total. The highest BCUT2D eigenvalue weighted by molar-refractivity contribution is 5.77. The van der Waals surface area contributed by atoms with Crippen LogP contribution in [0.15, 0.2) is 36.4 Å². The van der Waals surface area contributed by atoms with Gasteiger partial charge in [-0.15, -0.1) is 0 Å². The van der Waals surface area contributed by atoms with Crippen molar-refractivity contribution in [2.45, 2.75) is 51.7 Å². The van der Waals surface area contributed by atoms with E-state index in [1.165, 1.54) is 0 Å². The number of ether oxygens (including phenoxy) is 3. The minimum absolute atomic E-state index is 0.0398. The number of hydrogen-bond donors (Lipinski definition) is 1. The molecule has 1 aliphatic rings. The van der Waals surface area contributed by atoms with Gasteiger partial charge in [0, 0.05) is 24.5 Å². The Bertz CT molecular complexity index is 860. The zero-order chi connectivity index (χ0) is 20.3. The molecular formula is C23H29NO4. The number of hydrogen-bond acceptors (Lipinski definition) is 4. The van der Waals surface area contributed by atoms with E-state index < -0.39 is 0 Å². The Morgan fingerprint density at radius 3 is 2.64 bits per heavy atom. The van der Waals surface area contributed by atoms with Crippen LogP contribution in [0.3, 0.4) is 0 Å². The van der Waals surface area contributed by atoms with Crippen LogP contribution < -0.4 is 19.5 Å². The molecule has 1 amide bonds. The predicted octanol–water partition coefficient (Wildman–Crippen LogP) is 4.36. The first kappa shape index (κ1) is 20.1. The topological polar surface area (TPSA) is 56.8 Å². The monoisotopic (exact) mass is 383 g/mol. The maximum Gasteiger partial charge on any atom is 0.220 e. The third kappa shape index (κ3) is 4.58. The van der Waals surface area contributed by atoms with Crippen molar-refractivity contribution >= 4 is 5.91 Å². The van der Waals surface area contributed by atoms with Gasteiger partial charge in [-0.05, 0) is 56.5 Å². The summed E-state index contributed by atoms with van der Waals surface area (Å²) < 4.78 is 16.7. The fourth-order valence-corrected chi connectivity index (χ4v) is 3.71. The first-order valence-corrected chi connectivity index (χ1v) is 9.61. The van der Waals surface area contributed by atoms with Gasteiger partial charge in [-0.25, -0.2) is 0 Å². The second-order valence-electron chi connectivity index (χ2n) is 7.89. The lowest BCUT2D eigenvalue weighted by Gasteiger charge is -2.38. The zero-order valence-electron chi connectivity index (χ0n) is 17.3. The summed E-state index contributed by atoms with van der Waals surface area (Å²) in [6.07, 6.45) is 1.85. The standard InChI is InChI=1S/C23H29NO4/c1-15-12-16(6-10-20(15)27-5)7-11-22(25)24-19-14-23(2,3)28-21-13-17(26-4)8-9-18(19)21/h6,8-10,12-13,19H,7,11,14H2,1-5H3,(H,24,25)/t19-/m0/s1. The van der Waals surface area contributed by atoms with Gasteiger partial charge in [-0.3, -0.25) is 4.79 Å². The third-order valence-electron chi connectivity index (χ3n) is 5.11. The number of aryl methyl sites for hydroxylation is 2. The molecule has 0 saturated carbocycles. The minimum Gasteiger partial charge on any atom is -0.497 e. The molecule has 3 rings (SSSR count). The summed E-state index contributed by atoms with van der Waals surface area (Å²) in [5.41, 5.74) is 2.85. The van der Waals surface area contributed by atoms with Crippen LogP contribution in [0, 0.1) is 6.92 Å². The van der Waals surface area contributed by atoms with Gasteiger partial charge in [0.05, 0.1) is 20.3 Å². The van der Waals surface area contributed by atoms with Crippen molar-refractivity contribution in [1.29, 1.82) is 0 Å². The van der Waals surface area contributed by atoms with E-state index in [-0.39, 0.29) is 17.6 Å². The SMILES string of the molecule is COc1ccc2c(c1)OC(C)(C)C[C@@H]2NC(=O)CCc1ccc(OC)c(C)c1. The van der Waals surface area contributed by atoms with Gasteiger partial charge in [0.15, 0.2) is 0 Å². The Morgan fingerprint density at radius 2 is 1.96 bits per heavy atom. The molecule has 0 spiro atoms. The van der Waals surface area contributed by atoms with E-state index in [0.717, 1.165) is 40.4 Å². The highest BCUT2D eigenvalue weighted by Crippen LogP contribution is 2.41. The number of amides is 1. The summed E-state index contributed by atoms with van der Waals surface area (Å²) in [5.74, 6) is 2.42. The molecule has 5 heteroatoms. The van der Waals surface area contributed by atoms with Crippen LogP contribution in [-0.4, -0.2) is 25.7 Å². The van der Waals surface area contributed by atoms with Gasteiger partial charge in [-0.2, -0.15) is 0 Å². The average Bonchev–Trinajstić information content (AvgIpc) is 2.65. The lowest BCUT2D eigenvalue weighted by Crippen LogP contribution is -2.41. The third-order valence-corrected chi connectivity index (χ3v) is 5.11. The first-order valence-electron chi connectivity index (χ1n) is 9.61. The van der Waals surface area contributed by atoms with Gasteiger partial charge in [0.25, 0.3) is 0 Å². The fourth-order valence-electron chi connectivity index (χ4n) is 3.71. The Kier molecular flexibility index (Phi) is 5.82. The van der Waals surface area contributed by atoms with Gasteiger partial charge in [0.2, 0.25) is 5.91 Å². The van der Waals surface area contributed by atoms with E-state index in [1.807, 2.05) is 51.1 Å². The molecule has 150 valence electrons. The molecule has 0 saturated heterocycles. The smallest absolute Gasteiger partial charge is 0.220 e. The van der Waals surface area contributed by atoms with Crippen molar-refractivity contribution in [3.8, 4) is 17.2 Å². The average molecular weight is 383 g/mol. The quantitative estimate of drug-likeness (QED) is 0.805. The maximum absolute atomic E-state index is 12.6. The molecule has 1 heterocycles.